The van der Waals surface area contributed by atoms with Crippen molar-refractivity contribution in [3.05, 3.63) is 36.4 Å². The maximum atomic E-state index is 5.79. The number of aromatic nitrogens is 1. The van der Waals surface area contributed by atoms with Gasteiger partial charge in [0.1, 0.15) is 7.05 Å². The Morgan fingerprint density at radius 2 is 1.43 bits per heavy atom. The zero-order valence-electron chi connectivity index (χ0n) is 16.2. The molecule has 3 aromatic carbocycles. The number of ether oxygens (including phenoxy) is 5. The fourth-order valence-corrected chi connectivity index (χ4v) is 4.08. The molecule has 0 saturated carbocycles. The molecule has 1 aromatic heterocycles. The van der Waals surface area contributed by atoms with Gasteiger partial charge in [-0.2, -0.15) is 4.57 Å². The van der Waals surface area contributed by atoms with E-state index < -0.39 is 0 Å². The van der Waals surface area contributed by atoms with E-state index in [4.69, 9.17) is 23.7 Å². The summed E-state index contributed by atoms with van der Waals surface area (Å²) >= 11 is 0. The first-order valence-corrected chi connectivity index (χ1v) is 8.94. The molecule has 0 fully saturated rings. The van der Waals surface area contributed by atoms with Gasteiger partial charge in [-0.15, -0.1) is 0 Å². The Bertz CT molecular complexity index is 1270. The minimum absolute atomic E-state index is 0.234. The van der Waals surface area contributed by atoms with Gasteiger partial charge in [-0.05, 0) is 29.7 Å². The van der Waals surface area contributed by atoms with Crippen LogP contribution in [0.5, 0.6) is 28.9 Å². The van der Waals surface area contributed by atoms with Crippen molar-refractivity contribution in [3.8, 4) is 28.9 Å². The Kier molecular flexibility index (Phi) is 3.62. The Morgan fingerprint density at radius 3 is 2.11 bits per heavy atom. The van der Waals surface area contributed by atoms with Crippen molar-refractivity contribution < 1.29 is 28.3 Å². The fourth-order valence-electron chi connectivity index (χ4n) is 4.08. The second kappa shape index (κ2) is 6.05. The second-order valence-electron chi connectivity index (χ2n) is 6.71. The molecule has 0 aliphatic carbocycles. The molecule has 28 heavy (non-hydrogen) atoms. The van der Waals surface area contributed by atoms with E-state index in [-0.39, 0.29) is 6.79 Å². The summed E-state index contributed by atoms with van der Waals surface area (Å²) in [7, 11) is 6.97. The topological polar surface area (TPSA) is 50.0 Å². The summed E-state index contributed by atoms with van der Waals surface area (Å²) in [6, 6.07) is 12.2. The highest BCUT2D eigenvalue weighted by molar-refractivity contribution is 6.15. The predicted molar refractivity (Wildman–Crippen MR) is 106 cm³/mol. The summed E-state index contributed by atoms with van der Waals surface area (Å²) in [5, 5.41) is 5.22. The summed E-state index contributed by atoms with van der Waals surface area (Å²) in [4.78, 5) is 0. The maximum Gasteiger partial charge on any atom is 0.376 e. The third-order valence-electron chi connectivity index (χ3n) is 5.36. The zero-order chi connectivity index (χ0) is 19.4. The molecule has 6 nitrogen and oxygen atoms in total. The number of rotatable bonds is 3. The van der Waals surface area contributed by atoms with Crippen LogP contribution in [0.25, 0.3) is 32.4 Å². The van der Waals surface area contributed by atoms with E-state index in [0.717, 1.165) is 49.8 Å². The first kappa shape index (κ1) is 16.7. The molecule has 0 bridgehead atoms. The minimum Gasteiger partial charge on any atom is -0.493 e. The molecule has 1 aliphatic heterocycles. The van der Waals surface area contributed by atoms with Gasteiger partial charge >= 0.3 is 5.88 Å². The largest absolute Gasteiger partial charge is 0.493 e. The van der Waals surface area contributed by atoms with Crippen LogP contribution in [-0.2, 0) is 7.05 Å². The van der Waals surface area contributed by atoms with Crippen molar-refractivity contribution in [3.63, 3.8) is 0 Å². The summed E-state index contributed by atoms with van der Waals surface area (Å²) < 4.78 is 30.0. The average molecular weight is 378 g/mol. The smallest absolute Gasteiger partial charge is 0.376 e. The first-order valence-electron chi connectivity index (χ1n) is 8.94. The van der Waals surface area contributed by atoms with E-state index >= 15 is 0 Å². The lowest BCUT2D eigenvalue weighted by atomic mass is 10.00. The lowest BCUT2D eigenvalue weighted by Crippen LogP contribution is -2.31. The van der Waals surface area contributed by atoms with Gasteiger partial charge in [-0.1, -0.05) is 6.07 Å². The van der Waals surface area contributed by atoms with Gasteiger partial charge in [0.25, 0.3) is 0 Å². The summed E-state index contributed by atoms with van der Waals surface area (Å²) in [6.45, 7) is 0.234. The van der Waals surface area contributed by atoms with Gasteiger partial charge in [-0.3, -0.25) is 0 Å². The van der Waals surface area contributed by atoms with Crippen molar-refractivity contribution in [2.45, 2.75) is 0 Å². The van der Waals surface area contributed by atoms with Crippen LogP contribution in [0, 0.1) is 0 Å². The van der Waals surface area contributed by atoms with E-state index in [1.165, 1.54) is 0 Å². The number of benzene rings is 3. The lowest BCUT2D eigenvalue weighted by Gasteiger charge is -2.13. The quantitative estimate of drug-likeness (QED) is 0.402. The Balaban J connectivity index is 1.98. The van der Waals surface area contributed by atoms with Gasteiger partial charge in [0, 0.05) is 11.5 Å². The van der Waals surface area contributed by atoms with Crippen LogP contribution in [0.3, 0.4) is 0 Å². The average Bonchev–Trinajstić information content (AvgIpc) is 3.18. The van der Waals surface area contributed by atoms with Crippen molar-refractivity contribution in [2.24, 2.45) is 7.05 Å². The minimum atomic E-state index is 0.234. The molecule has 0 radical (unpaired) electrons. The molecule has 0 unspecified atom stereocenters. The number of pyridine rings is 1. The molecular formula is C22H20NO5+. The molecule has 5 rings (SSSR count). The highest BCUT2D eigenvalue weighted by atomic mass is 16.7. The number of methoxy groups -OCH3 is 3. The van der Waals surface area contributed by atoms with Crippen LogP contribution in [0.2, 0.25) is 0 Å². The van der Waals surface area contributed by atoms with Crippen LogP contribution >= 0.6 is 0 Å². The third-order valence-corrected chi connectivity index (χ3v) is 5.36. The molecule has 0 amide bonds. The SMILES string of the molecule is COc1cc2ccc3c4cc5c(cc4c(OC)[n+](C)c3c2cc1OC)OCO5. The lowest BCUT2D eigenvalue weighted by molar-refractivity contribution is -0.648. The Morgan fingerprint density at radius 1 is 0.750 bits per heavy atom. The van der Waals surface area contributed by atoms with Crippen molar-refractivity contribution in [1.82, 2.24) is 0 Å². The van der Waals surface area contributed by atoms with Crippen LogP contribution < -0.4 is 28.3 Å². The molecule has 1 aliphatic rings. The summed E-state index contributed by atoms with van der Waals surface area (Å²) in [6.07, 6.45) is 0. The standard InChI is InChI=1S/C22H20NO5/c1-23-21-13(6-5-12-7-17(24-2)18(25-3)8-14(12)21)15-9-19-20(28-11-27-19)10-16(15)22(23)26-4/h5-10H,11H2,1-4H3/q+1. The number of hydrogen-bond acceptors (Lipinski definition) is 5. The normalized spacial score (nSPS) is 12.7. The van der Waals surface area contributed by atoms with Gasteiger partial charge in [-0.25, -0.2) is 0 Å². The number of hydrogen-bond donors (Lipinski definition) is 0. The van der Waals surface area contributed by atoms with Crippen molar-refractivity contribution in [2.75, 3.05) is 28.1 Å². The molecule has 0 spiro atoms. The van der Waals surface area contributed by atoms with E-state index in [0.29, 0.717) is 11.5 Å². The molecule has 0 N–H and O–H groups in total. The van der Waals surface area contributed by atoms with Crippen LogP contribution in [0.1, 0.15) is 0 Å². The maximum absolute atomic E-state index is 5.79. The molecule has 0 saturated heterocycles. The van der Waals surface area contributed by atoms with Crippen LogP contribution in [-0.4, -0.2) is 28.1 Å². The van der Waals surface area contributed by atoms with Crippen molar-refractivity contribution in [1.29, 1.82) is 0 Å². The van der Waals surface area contributed by atoms with Crippen molar-refractivity contribution >= 4 is 32.4 Å². The Labute approximate surface area is 161 Å². The van der Waals surface area contributed by atoms with E-state index in [2.05, 4.69) is 16.7 Å². The molecule has 6 heteroatoms. The van der Waals surface area contributed by atoms with E-state index in [9.17, 15) is 0 Å². The Hall–Kier alpha value is -3.41. The number of fused-ring (bicyclic) bond motifs is 6. The van der Waals surface area contributed by atoms with Crippen LogP contribution in [0.15, 0.2) is 36.4 Å². The highest BCUT2D eigenvalue weighted by Gasteiger charge is 2.26. The van der Waals surface area contributed by atoms with Gasteiger partial charge in [0.2, 0.25) is 12.3 Å². The van der Waals surface area contributed by atoms with E-state index in [1.54, 1.807) is 21.3 Å². The fraction of sp³-hybridized carbons (Fsp3) is 0.227. The summed E-state index contributed by atoms with van der Waals surface area (Å²) in [5.74, 6) is 3.62. The molecule has 0 atom stereocenters. The second-order valence-corrected chi connectivity index (χ2v) is 6.71. The molecular weight excluding hydrogens is 358 g/mol. The number of nitrogens with zero attached hydrogens (tertiary/aromatic N) is 1. The third kappa shape index (κ3) is 2.17. The first-order chi connectivity index (χ1) is 13.7. The predicted octanol–water partition coefficient (Wildman–Crippen LogP) is 3.73. The summed E-state index contributed by atoms with van der Waals surface area (Å²) in [5.41, 5.74) is 1.04. The molecule has 2 heterocycles. The monoisotopic (exact) mass is 378 g/mol. The molecule has 4 aromatic rings. The molecule has 142 valence electrons. The van der Waals surface area contributed by atoms with Gasteiger partial charge < -0.3 is 23.7 Å². The number of aryl methyl sites for hydroxylation is 1. The van der Waals surface area contributed by atoms with Gasteiger partial charge in [0.05, 0.1) is 37.5 Å². The highest BCUT2D eigenvalue weighted by Crippen LogP contribution is 2.42. The van der Waals surface area contributed by atoms with Crippen LogP contribution in [0.4, 0.5) is 0 Å². The van der Waals surface area contributed by atoms with Gasteiger partial charge in [0.15, 0.2) is 23.0 Å². The zero-order valence-corrected chi connectivity index (χ0v) is 16.2. The van der Waals surface area contributed by atoms with E-state index in [1.807, 2.05) is 31.3 Å².